The van der Waals surface area contributed by atoms with Gasteiger partial charge in [-0.1, -0.05) is 132 Å². The summed E-state index contributed by atoms with van der Waals surface area (Å²) in [7, 11) is 0. The molecule has 0 aliphatic carbocycles. The largest absolute Gasteiger partial charge is 0.393 e. The quantitative estimate of drug-likeness (QED) is 0.133. The van der Waals surface area contributed by atoms with Crippen LogP contribution in [0.5, 0.6) is 0 Å². The van der Waals surface area contributed by atoms with Crippen LogP contribution < -0.4 is 0 Å². The number of carbonyl (C=O) groups excluding carboxylic acids is 2. The van der Waals surface area contributed by atoms with Crippen molar-refractivity contribution in [2.75, 3.05) is 0 Å². The lowest BCUT2D eigenvalue weighted by atomic mass is 9.99. The SMILES string of the molecule is Cc1ccc(C=CCc2ccccc2CCC(=O)OC(=O)CCc2ccccc2CC=Cc2ccc(C)cc2)cc1. The molecule has 0 radical (unpaired) electrons. The lowest BCUT2D eigenvalue weighted by Crippen LogP contribution is -2.14. The predicted molar refractivity (Wildman–Crippen MR) is 168 cm³/mol. The van der Waals surface area contributed by atoms with E-state index in [9.17, 15) is 9.59 Å². The van der Waals surface area contributed by atoms with Crippen LogP contribution in [0.3, 0.4) is 0 Å². The first-order valence-corrected chi connectivity index (χ1v) is 14.3. The third-order valence-corrected chi connectivity index (χ3v) is 7.11. The van der Waals surface area contributed by atoms with Gasteiger partial charge in [-0.05, 0) is 72.9 Å². The first-order valence-electron chi connectivity index (χ1n) is 14.3. The molecule has 0 amide bonds. The maximum absolute atomic E-state index is 12.5. The smallest absolute Gasteiger partial charge is 0.313 e. The fourth-order valence-corrected chi connectivity index (χ4v) is 4.70. The topological polar surface area (TPSA) is 43.4 Å². The van der Waals surface area contributed by atoms with E-state index in [-0.39, 0.29) is 12.8 Å². The van der Waals surface area contributed by atoms with Crippen LogP contribution in [-0.2, 0) is 40.0 Å². The summed E-state index contributed by atoms with van der Waals surface area (Å²) in [5, 5.41) is 0. The molecule has 3 nitrogen and oxygen atoms in total. The summed E-state index contributed by atoms with van der Waals surface area (Å²) in [6, 6.07) is 33.0. The molecule has 0 aromatic heterocycles. The van der Waals surface area contributed by atoms with E-state index >= 15 is 0 Å². The molecule has 0 unspecified atom stereocenters. The number of rotatable bonds is 12. The van der Waals surface area contributed by atoms with Gasteiger partial charge in [0, 0.05) is 0 Å². The molecule has 0 fully saturated rings. The summed E-state index contributed by atoms with van der Waals surface area (Å²) < 4.78 is 5.16. The van der Waals surface area contributed by atoms with Crippen LogP contribution in [0.15, 0.2) is 109 Å². The molecule has 4 aromatic rings. The Morgan fingerprint density at radius 1 is 0.537 bits per heavy atom. The molecule has 41 heavy (non-hydrogen) atoms. The summed E-state index contributed by atoms with van der Waals surface area (Å²) in [6.45, 7) is 4.16. The Morgan fingerprint density at radius 3 is 1.29 bits per heavy atom. The lowest BCUT2D eigenvalue weighted by molar-refractivity contribution is -0.159. The molecule has 0 aliphatic rings. The van der Waals surface area contributed by atoms with Crippen LogP contribution in [-0.4, -0.2) is 11.9 Å². The summed E-state index contributed by atoms with van der Waals surface area (Å²) in [4.78, 5) is 24.9. The van der Waals surface area contributed by atoms with Crippen molar-refractivity contribution < 1.29 is 14.3 Å². The molecule has 0 aliphatic heterocycles. The van der Waals surface area contributed by atoms with Crippen molar-refractivity contribution in [1.29, 1.82) is 0 Å². The fraction of sp³-hybridized carbons (Fsp3) is 0.211. The molecule has 0 saturated heterocycles. The van der Waals surface area contributed by atoms with Gasteiger partial charge in [-0.3, -0.25) is 9.59 Å². The van der Waals surface area contributed by atoms with Gasteiger partial charge in [0.25, 0.3) is 0 Å². The third kappa shape index (κ3) is 9.88. The Balaban J connectivity index is 1.23. The number of benzene rings is 4. The average molecular weight is 543 g/mol. The summed E-state index contributed by atoms with van der Waals surface area (Å²) in [5.74, 6) is -0.955. The van der Waals surface area contributed by atoms with E-state index < -0.39 is 11.9 Å². The highest BCUT2D eigenvalue weighted by molar-refractivity contribution is 5.85. The normalized spacial score (nSPS) is 11.3. The van der Waals surface area contributed by atoms with E-state index in [0.717, 1.165) is 35.1 Å². The maximum Gasteiger partial charge on any atom is 0.313 e. The second-order valence-electron chi connectivity index (χ2n) is 10.4. The van der Waals surface area contributed by atoms with Crippen molar-refractivity contribution >= 4 is 24.1 Å². The number of esters is 2. The second-order valence-corrected chi connectivity index (χ2v) is 10.4. The Morgan fingerprint density at radius 2 is 0.902 bits per heavy atom. The number of hydrogen-bond acceptors (Lipinski definition) is 3. The van der Waals surface area contributed by atoms with Crippen LogP contribution in [0.25, 0.3) is 12.2 Å². The van der Waals surface area contributed by atoms with E-state index in [4.69, 9.17) is 4.74 Å². The van der Waals surface area contributed by atoms with E-state index in [0.29, 0.717) is 12.8 Å². The molecule has 4 rings (SSSR count). The van der Waals surface area contributed by atoms with Crippen molar-refractivity contribution in [3.8, 4) is 0 Å². The minimum absolute atomic E-state index is 0.171. The van der Waals surface area contributed by atoms with Crippen molar-refractivity contribution in [3.63, 3.8) is 0 Å². The molecule has 0 spiro atoms. The van der Waals surface area contributed by atoms with E-state index in [1.54, 1.807) is 0 Å². The molecular weight excluding hydrogens is 504 g/mol. The molecule has 0 saturated carbocycles. The summed E-state index contributed by atoms with van der Waals surface area (Å²) in [6.07, 6.45) is 11.5. The van der Waals surface area contributed by atoms with Gasteiger partial charge in [0.1, 0.15) is 0 Å². The highest BCUT2D eigenvalue weighted by atomic mass is 16.6. The van der Waals surface area contributed by atoms with Gasteiger partial charge >= 0.3 is 11.9 Å². The first-order chi connectivity index (χ1) is 20.0. The molecule has 4 aromatic carbocycles. The third-order valence-electron chi connectivity index (χ3n) is 7.11. The van der Waals surface area contributed by atoms with E-state index in [2.05, 4.69) is 98.8 Å². The van der Waals surface area contributed by atoms with Gasteiger partial charge in [-0.15, -0.1) is 0 Å². The Bertz CT molecular complexity index is 1380. The minimum atomic E-state index is -0.477. The van der Waals surface area contributed by atoms with Gasteiger partial charge in [-0.2, -0.15) is 0 Å². The molecule has 0 bridgehead atoms. The second kappa shape index (κ2) is 15.3. The zero-order valence-corrected chi connectivity index (χ0v) is 24.0. The monoisotopic (exact) mass is 542 g/mol. The van der Waals surface area contributed by atoms with Crippen molar-refractivity contribution in [1.82, 2.24) is 0 Å². The molecule has 0 N–H and O–H groups in total. The molecular formula is C38H38O3. The molecule has 0 atom stereocenters. The van der Waals surface area contributed by atoms with Crippen molar-refractivity contribution in [2.45, 2.75) is 52.4 Å². The van der Waals surface area contributed by atoms with Crippen LogP contribution in [0, 0.1) is 13.8 Å². The van der Waals surface area contributed by atoms with E-state index in [1.807, 2.05) is 36.4 Å². The highest BCUT2D eigenvalue weighted by Gasteiger charge is 2.13. The molecule has 208 valence electrons. The summed E-state index contributed by atoms with van der Waals surface area (Å²) in [5.41, 5.74) is 9.34. The first kappa shape index (κ1) is 29.5. The predicted octanol–water partition coefficient (Wildman–Crippen LogP) is 8.45. The van der Waals surface area contributed by atoms with Gasteiger partial charge in [0.2, 0.25) is 0 Å². The van der Waals surface area contributed by atoms with Crippen LogP contribution in [0.4, 0.5) is 0 Å². The number of aryl methyl sites for hydroxylation is 4. The van der Waals surface area contributed by atoms with Crippen LogP contribution in [0.2, 0.25) is 0 Å². The Labute approximate surface area is 244 Å². The Kier molecular flexibility index (Phi) is 11.0. The minimum Gasteiger partial charge on any atom is -0.393 e. The number of ether oxygens (including phenoxy) is 1. The van der Waals surface area contributed by atoms with Crippen LogP contribution in [0.1, 0.15) is 57.3 Å². The van der Waals surface area contributed by atoms with Gasteiger partial charge in [0.05, 0.1) is 12.8 Å². The lowest BCUT2D eigenvalue weighted by Gasteiger charge is -2.09. The van der Waals surface area contributed by atoms with Crippen molar-refractivity contribution in [2.24, 2.45) is 0 Å². The molecule has 3 heteroatoms. The van der Waals surface area contributed by atoms with Gasteiger partial charge in [0.15, 0.2) is 0 Å². The average Bonchev–Trinajstić information content (AvgIpc) is 2.98. The van der Waals surface area contributed by atoms with Gasteiger partial charge < -0.3 is 4.74 Å². The zero-order valence-electron chi connectivity index (χ0n) is 24.0. The number of carbonyl (C=O) groups is 2. The highest BCUT2D eigenvalue weighted by Crippen LogP contribution is 2.16. The molecule has 0 heterocycles. The van der Waals surface area contributed by atoms with Gasteiger partial charge in [-0.25, -0.2) is 0 Å². The maximum atomic E-state index is 12.5. The van der Waals surface area contributed by atoms with E-state index in [1.165, 1.54) is 22.3 Å². The fourth-order valence-electron chi connectivity index (χ4n) is 4.70. The van der Waals surface area contributed by atoms with Crippen molar-refractivity contribution in [3.05, 3.63) is 154 Å². The number of hydrogen-bond donors (Lipinski definition) is 0. The standard InChI is InChI=1S/C38H38O3/c1-29-17-21-31(22-18-29)9-7-15-33-11-3-5-13-35(33)25-27-37(39)41-38(40)28-26-36-14-6-4-12-34(36)16-8-10-32-23-19-30(2)20-24-32/h3-14,17-24H,15-16,25-28H2,1-2H3. The number of allylic oxidation sites excluding steroid dienone is 2. The summed E-state index contributed by atoms with van der Waals surface area (Å²) >= 11 is 0. The zero-order chi connectivity index (χ0) is 28.9. The Hall–Kier alpha value is -4.50. The van der Waals surface area contributed by atoms with Crippen LogP contribution >= 0.6 is 0 Å².